The standard InChI is InChI=1S/C34H38F4O3/c1-3-5-6-7-8-9-10-20-39-29-19-18-27(33(37)34(29)38)24-14-12-23(13-15-24)26-16-17-28(32(36)31(26)35)25-21-40-30(11-4-2)41-22-25/h4,11-19,25,30H,3,5-10,20-22H2,1-2H3/b11-4+. The van der Waals surface area contributed by atoms with Gasteiger partial charge in [0.25, 0.3) is 0 Å². The molecule has 1 fully saturated rings. The van der Waals surface area contributed by atoms with Crippen molar-refractivity contribution in [2.75, 3.05) is 19.8 Å². The lowest BCUT2D eigenvalue weighted by molar-refractivity contribution is -0.159. The summed E-state index contributed by atoms with van der Waals surface area (Å²) in [7, 11) is 0. The van der Waals surface area contributed by atoms with Gasteiger partial charge in [0.05, 0.1) is 19.8 Å². The van der Waals surface area contributed by atoms with Crippen LogP contribution in [-0.2, 0) is 9.47 Å². The quantitative estimate of drug-likeness (QED) is 0.116. The minimum atomic E-state index is -1.04. The maximum Gasteiger partial charge on any atom is 0.201 e. The number of halogens is 4. The van der Waals surface area contributed by atoms with Gasteiger partial charge < -0.3 is 14.2 Å². The monoisotopic (exact) mass is 570 g/mol. The first-order valence-corrected chi connectivity index (χ1v) is 14.5. The fourth-order valence-corrected chi connectivity index (χ4v) is 5.01. The Morgan fingerprint density at radius 2 is 1.27 bits per heavy atom. The van der Waals surface area contributed by atoms with Gasteiger partial charge in [0.1, 0.15) is 0 Å². The van der Waals surface area contributed by atoms with E-state index in [0.29, 0.717) is 17.7 Å². The molecule has 4 rings (SSSR count). The van der Waals surface area contributed by atoms with Crippen molar-refractivity contribution in [2.45, 2.75) is 71.0 Å². The zero-order valence-corrected chi connectivity index (χ0v) is 23.7. The fourth-order valence-electron chi connectivity index (χ4n) is 5.01. The Labute approximate surface area is 240 Å². The first-order valence-electron chi connectivity index (χ1n) is 14.5. The SMILES string of the molecule is C/C=C/C1OCC(c2ccc(-c3ccc(-c4ccc(OCCCCCCCCC)c(F)c4F)cc3)c(F)c2F)CO1. The molecule has 3 aromatic carbocycles. The van der Waals surface area contributed by atoms with Crippen LogP contribution >= 0.6 is 0 Å². The van der Waals surface area contributed by atoms with Crippen molar-refractivity contribution < 1.29 is 31.8 Å². The highest BCUT2D eigenvalue weighted by atomic mass is 19.2. The first-order chi connectivity index (χ1) is 19.9. The van der Waals surface area contributed by atoms with Crippen LogP contribution in [0.25, 0.3) is 22.3 Å². The van der Waals surface area contributed by atoms with E-state index in [2.05, 4.69) is 6.92 Å². The fraction of sp³-hybridized carbons (Fsp3) is 0.412. The third kappa shape index (κ3) is 7.77. The molecule has 0 spiro atoms. The smallest absolute Gasteiger partial charge is 0.201 e. The summed E-state index contributed by atoms with van der Waals surface area (Å²) in [5.74, 6) is -4.52. The molecule has 0 atom stereocenters. The highest BCUT2D eigenvalue weighted by Crippen LogP contribution is 2.34. The molecule has 0 aliphatic carbocycles. The molecule has 3 aromatic rings. The minimum Gasteiger partial charge on any atom is -0.490 e. The number of ether oxygens (including phenoxy) is 3. The van der Waals surface area contributed by atoms with E-state index in [4.69, 9.17) is 14.2 Å². The van der Waals surface area contributed by atoms with Gasteiger partial charge in [-0.2, -0.15) is 4.39 Å². The summed E-state index contributed by atoms with van der Waals surface area (Å²) in [5.41, 5.74) is 1.15. The molecular weight excluding hydrogens is 532 g/mol. The maximum absolute atomic E-state index is 15.1. The van der Waals surface area contributed by atoms with Crippen molar-refractivity contribution in [1.29, 1.82) is 0 Å². The number of rotatable bonds is 13. The summed E-state index contributed by atoms with van der Waals surface area (Å²) in [6.45, 7) is 4.78. The van der Waals surface area contributed by atoms with Crippen LogP contribution in [0.15, 0.2) is 60.7 Å². The molecule has 3 nitrogen and oxygen atoms in total. The van der Waals surface area contributed by atoms with E-state index in [9.17, 15) is 8.78 Å². The summed E-state index contributed by atoms with van der Waals surface area (Å²) >= 11 is 0. The highest BCUT2D eigenvalue weighted by Gasteiger charge is 2.27. The topological polar surface area (TPSA) is 27.7 Å². The molecule has 0 bridgehead atoms. The number of unbranched alkanes of at least 4 members (excludes halogenated alkanes) is 6. The Morgan fingerprint density at radius 1 is 0.707 bits per heavy atom. The molecule has 0 radical (unpaired) electrons. The van der Waals surface area contributed by atoms with Crippen LogP contribution in [0.2, 0.25) is 0 Å². The second-order valence-corrected chi connectivity index (χ2v) is 10.4. The van der Waals surface area contributed by atoms with E-state index in [1.54, 1.807) is 36.4 Å². The van der Waals surface area contributed by atoms with Crippen LogP contribution in [0.4, 0.5) is 17.6 Å². The van der Waals surface area contributed by atoms with Crippen molar-refractivity contribution in [1.82, 2.24) is 0 Å². The Hall–Kier alpha value is -3.16. The molecule has 220 valence electrons. The Balaban J connectivity index is 1.39. The van der Waals surface area contributed by atoms with Crippen LogP contribution in [0.1, 0.15) is 70.3 Å². The summed E-state index contributed by atoms with van der Waals surface area (Å²) in [6.07, 6.45) is 10.8. The molecule has 0 aromatic heterocycles. The zero-order valence-electron chi connectivity index (χ0n) is 23.7. The lowest BCUT2D eigenvalue weighted by atomic mass is 9.94. The van der Waals surface area contributed by atoms with E-state index >= 15 is 8.78 Å². The number of allylic oxidation sites excluding steroid dienone is 1. The van der Waals surface area contributed by atoms with Gasteiger partial charge in [0, 0.05) is 17.0 Å². The van der Waals surface area contributed by atoms with E-state index in [1.807, 2.05) is 6.92 Å². The summed E-state index contributed by atoms with van der Waals surface area (Å²) in [5, 5.41) is 0. The van der Waals surface area contributed by atoms with E-state index in [-0.39, 0.29) is 35.7 Å². The maximum atomic E-state index is 15.1. The average molecular weight is 571 g/mol. The van der Waals surface area contributed by atoms with Gasteiger partial charge in [0.2, 0.25) is 5.82 Å². The molecule has 1 heterocycles. The average Bonchev–Trinajstić information content (AvgIpc) is 2.99. The Bertz CT molecular complexity index is 1300. The Morgan fingerprint density at radius 3 is 1.88 bits per heavy atom. The van der Waals surface area contributed by atoms with Crippen molar-refractivity contribution >= 4 is 0 Å². The molecule has 0 N–H and O–H groups in total. The molecule has 41 heavy (non-hydrogen) atoms. The second kappa shape index (κ2) is 15.2. The van der Waals surface area contributed by atoms with Crippen LogP contribution in [-0.4, -0.2) is 26.1 Å². The summed E-state index contributed by atoms with van der Waals surface area (Å²) in [6, 6.07) is 12.2. The summed E-state index contributed by atoms with van der Waals surface area (Å²) < 4.78 is 76.4. The molecule has 1 saturated heterocycles. The van der Waals surface area contributed by atoms with Gasteiger partial charge in [-0.15, -0.1) is 0 Å². The van der Waals surface area contributed by atoms with Crippen molar-refractivity contribution in [3.05, 3.63) is 89.5 Å². The van der Waals surface area contributed by atoms with Crippen LogP contribution in [0.5, 0.6) is 5.75 Å². The van der Waals surface area contributed by atoms with E-state index in [0.717, 1.165) is 19.3 Å². The molecule has 1 aliphatic rings. The molecule has 7 heteroatoms. The van der Waals surface area contributed by atoms with Gasteiger partial charge in [-0.25, -0.2) is 13.2 Å². The predicted octanol–water partition coefficient (Wildman–Crippen LogP) is 9.74. The second-order valence-electron chi connectivity index (χ2n) is 10.4. The van der Waals surface area contributed by atoms with Gasteiger partial charge in [-0.1, -0.05) is 87.9 Å². The molecule has 0 unspecified atom stereocenters. The largest absolute Gasteiger partial charge is 0.490 e. The molecule has 0 saturated carbocycles. The van der Waals surface area contributed by atoms with Gasteiger partial charge >= 0.3 is 0 Å². The van der Waals surface area contributed by atoms with E-state index in [1.165, 1.54) is 49.9 Å². The zero-order chi connectivity index (χ0) is 29.2. The third-order valence-electron chi connectivity index (χ3n) is 7.38. The highest BCUT2D eigenvalue weighted by molar-refractivity contribution is 5.72. The van der Waals surface area contributed by atoms with Crippen LogP contribution in [0, 0.1) is 23.3 Å². The number of hydrogen-bond donors (Lipinski definition) is 0. The third-order valence-corrected chi connectivity index (χ3v) is 7.38. The van der Waals surface area contributed by atoms with Crippen molar-refractivity contribution in [2.24, 2.45) is 0 Å². The predicted molar refractivity (Wildman–Crippen MR) is 154 cm³/mol. The molecule has 1 aliphatic heterocycles. The van der Waals surface area contributed by atoms with E-state index < -0.39 is 35.5 Å². The number of hydrogen-bond acceptors (Lipinski definition) is 3. The summed E-state index contributed by atoms with van der Waals surface area (Å²) in [4.78, 5) is 0. The van der Waals surface area contributed by atoms with Gasteiger partial charge in [0.15, 0.2) is 29.5 Å². The Kier molecular flexibility index (Phi) is 11.4. The normalized spacial score (nSPS) is 17.3. The van der Waals surface area contributed by atoms with Crippen molar-refractivity contribution in [3.8, 4) is 28.0 Å². The van der Waals surface area contributed by atoms with Gasteiger partial charge in [-0.05, 0) is 48.2 Å². The van der Waals surface area contributed by atoms with Crippen LogP contribution < -0.4 is 4.74 Å². The number of benzene rings is 3. The van der Waals surface area contributed by atoms with Gasteiger partial charge in [-0.3, -0.25) is 0 Å². The van der Waals surface area contributed by atoms with Crippen LogP contribution in [0.3, 0.4) is 0 Å². The molecule has 0 amide bonds. The lowest BCUT2D eigenvalue weighted by Gasteiger charge is -2.28. The first kappa shape index (κ1) is 30.8. The lowest BCUT2D eigenvalue weighted by Crippen LogP contribution is -2.30. The minimum absolute atomic E-state index is 0.0628. The van der Waals surface area contributed by atoms with Crippen molar-refractivity contribution in [3.63, 3.8) is 0 Å². The molecular formula is C34H38F4O3.